The molecule has 0 saturated carbocycles. The summed E-state index contributed by atoms with van der Waals surface area (Å²) in [5.41, 5.74) is 1.77. The Hall–Kier alpha value is -2.02. The van der Waals surface area contributed by atoms with Crippen LogP contribution in [-0.2, 0) is 4.79 Å². The van der Waals surface area contributed by atoms with E-state index in [-0.39, 0.29) is 11.8 Å². The molecule has 2 rings (SSSR count). The monoisotopic (exact) mass is 368 g/mol. The van der Waals surface area contributed by atoms with Gasteiger partial charge in [-0.1, -0.05) is 15.9 Å². The fraction of sp³-hybridized carbons (Fsp3) is 0.333. The third-order valence-electron chi connectivity index (χ3n) is 3.46. The highest BCUT2D eigenvalue weighted by Gasteiger charge is 2.31. The SMILES string of the molecule is COc1cc(Br)c(C2NC(=O)NC(C)=C2C(C)=O)cc1OC. The molecule has 7 heteroatoms. The summed E-state index contributed by atoms with van der Waals surface area (Å²) in [4.78, 5) is 23.7. The Morgan fingerprint density at radius 2 is 1.82 bits per heavy atom. The molecule has 6 nitrogen and oxygen atoms in total. The van der Waals surface area contributed by atoms with Gasteiger partial charge in [-0.15, -0.1) is 0 Å². The number of benzene rings is 1. The predicted octanol–water partition coefficient (Wildman–Crippen LogP) is 2.68. The molecule has 22 heavy (non-hydrogen) atoms. The summed E-state index contributed by atoms with van der Waals surface area (Å²) in [6.45, 7) is 3.18. The van der Waals surface area contributed by atoms with Gasteiger partial charge in [0.25, 0.3) is 0 Å². The third-order valence-corrected chi connectivity index (χ3v) is 4.15. The molecule has 0 bridgehead atoms. The summed E-state index contributed by atoms with van der Waals surface area (Å²) in [6.07, 6.45) is 0. The summed E-state index contributed by atoms with van der Waals surface area (Å²) in [5.74, 6) is 0.967. The topological polar surface area (TPSA) is 76.7 Å². The number of hydrogen-bond donors (Lipinski definition) is 2. The summed E-state index contributed by atoms with van der Waals surface area (Å²) < 4.78 is 11.3. The van der Waals surface area contributed by atoms with Crippen LogP contribution in [0.25, 0.3) is 0 Å². The molecule has 0 aliphatic carbocycles. The standard InChI is InChI=1S/C15H17BrN2O4/c1-7-13(8(2)19)14(18-15(20)17-7)9-5-11(21-3)12(22-4)6-10(9)16/h5-6,14H,1-4H3,(H2,17,18,20). The first-order valence-electron chi connectivity index (χ1n) is 6.59. The molecular weight excluding hydrogens is 352 g/mol. The lowest BCUT2D eigenvalue weighted by Gasteiger charge is -2.29. The number of carbonyl (C=O) groups excluding carboxylic acids is 2. The maximum absolute atomic E-state index is 12.0. The van der Waals surface area contributed by atoms with E-state index in [0.29, 0.717) is 27.2 Å². The number of ketones is 1. The van der Waals surface area contributed by atoms with Crippen LogP contribution in [0.4, 0.5) is 4.79 Å². The lowest BCUT2D eigenvalue weighted by Crippen LogP contribution is -2.44. The number of nitrogens with one attached hydrogen (secondary N) is 2. The zero-order valence-electron chi connectivity index (χ0n) is 12.7. The molecule has 2 N–H and O–H groups in total. The van der Waals surface area contributed by atoms with Crippen LogP contribution in [0.2, 0.25) is 0 Å². The van der Waals surface area contributed by atoms with Crippen LogP contribution in [0.1, 0.15) is 25.5 Å². The first-order chi connectivity index (χ1) is 10.4. The van der Waals surface area contributed by atoms with E-state index in [2.05, 4.69) is 26.6 Å². The molecule has 0 saturated heterocycles. The Bertz CT molecular complexity index is 670. The molecule has 118 valence electrons. The normalized spacial score (nSPS) is 17.7. The minimum Gasteiger partial charge on any atom is -0.493 e. The van der Waals surface area contributed by atoms with Gasteiger partial charge in [0.2, 0.25) is 0 Å². The van der Waals surface area contributed by atoms with Gasteiger partial charge in [-0.2, -0.15) is 0 Å². The Kier molecular flexibility index (Phi) is 4.75. The van der Waals surface area contributed by atoms with Crippen molar-refractivity contribution in [2.45, 2.75) is 19.9 Å². The van der Waals surface area contributed by atoms with E-state index in [1.54, 1.807) is 26.2 Å². The minimum atomic E-state index is -0.555. The second kappa shape index (κ2) is 6.39. The number of hydrogen-bond acceptors (Lipinski definition) is 4. The first-order valence-corrected chi connectivity index (χ1v) is 7.39. The van der Waals surface area contributed by atoms with Crippen LogP contribution in [0.5, 0.6) is 11.5 Å². The van der Waals surface area contributed by atoms with Crippen molar-refractivity contribution in [1.29, 1.82) is 0 Å². The van der Waals surface area contributed by atoms with E-state index in [9.17, 15) is 9.59 Å². The number of urea groups is 1. The van der Waals surface area contributed by atoms with Gasteiger partial charge < -0.3 is 20.1 Å². The second-order valence-corrected chi connectivity index (χ2v) is 5.71. The summed E-state index contributed by atoms with van der Waals surface area (Å²) in [5, 5.41) is 5.39. The fourth-order valence-corrected chi connectivity index (χ4v) is 3.04. The van der Waals surface area contributed by atoms with Crippen molar-refractivity contribution in [2.75, 3.05) is 14.2 Å². The second-order valence-electron chi connectivity index (χ2n) is 4.86. The molecule has 1 aromatic rings. The van der Waals surface area contributed by atoms with Gasteiger partial charge >= 0.3 is 6.03 Å². The summed E-state index contributed by atoms with van der Waals surface area (Å²) in [7, 11) is 3.07. The van der Waals surface area contributed by atoms with Gasteiger partial charge in [-0.05, 0) is 31.5 Å². The Balaban J connectivity index is 2.60. The highest BCUT2D eigenvalue weighted by molar-refractivity contribution is 9.10. The van der Waals surface area contributed by atoms with E-state index >= 15 is 0 Å². The van der Waals surface area contributed by atoms with Crippen LogP contribution in [0.3, 0.4) is 0 Å². The van der Waals surface area contributed by atoms with Crippen molar-refractivity contribution in [1.82, 2.24) is 10.6 Å². The van der Waals surface area contributed by atoms with E-state index in [1.807, 2.05) is 0 Å². The highest BCUT2D eigenvalue weighted by atomic mass is 79.9. The Labute approximate surface area is 137 Å². The molecule has 0 spiro atoms. The molecule has 1 aliphatic rings. The average molecular weight is 369 g/mol. The number of methoxy groups -OCH3 is 2. The van der Waals surface area contributed by atoms with E-state index in [0.717, 1.165) is 5.56 Å². The highest BCUT2D eigenvalue weighted by Crippen LogP contribution is 2.39. The van der Waals surface area contributed by atoms with Gasteiger partial charge in [0.15, 0.2) is 17.3 Å². The minimum absolute atomic E-state index is 0.114. The van der Waals surface area contributed by atoms with Crippen molar-refractivity contribution >= 4 is 27.7 Å². The predicted molar refractivity (Wildman–Crippen MR) is 85.0 cm³/mol. The molecular formula is C15H17BrN2O4. The molecule has 1 heterocycles. The number of halogens is 1. The lowest BCUT2D eigenvalue weighted by atomic mass is 9.93. The third kappa shape index (κ3) is 2.94. The number of Topliss-reactive ketones (excluding diaryl/α,β-unsaturated/α-hetero) is 1. The largest absolute Gasteiger partial charge is 0.493 e. The molecule has 0 fully saturated rings. The number of amides is 2. The summed E-state index contributed by atoms with van der Waals surface area (Å²) >= 11 is 3.46. The maximum Gasteiger partial charge on any atom is 0.319 e. The molecule has 1 aromatic carbocycles. The quantitative estimate of drug-likeness (QED) is 0.856. The van der Waals surface area contributed by atoms with Gasteiger partial charge in [0.1, 0.15) is 0 Å². The van der Waals surface area contributed by atoms with Crippen LogP contribution in [0.15, 0.2) is 27.9 Å². The van der Waals surface area contributed by atoms with Gasteiger partial charge in [-0.25, -0.2) is 4.79 Å². The van der Waals surface area contributed by atoms with E-state index in [4.69, 9.17) is 9.47 Å². The molecule has 0 radical (unpaired) electrons. The van der Waals surface area contributed by atoms with Crippen molar-refractivity contribution in [3.05, 3.63) is 33.4 Å². The molecule has 0 aromatic heterocycles. The Morgan fingerprint density at radius 1 is 1.23 bits per heavy atom. The van der Waals surface area contributed by atoms with E-state index < -0.39 is 6.04 Å². The fourth-order valence-electron chi connectivity index (χ4n) is 2.49. The average Bonchev–Trinajstić information content (AvgIpc) is 2.45. The van der Waals surface area contributed by atoms with Gasteiger partial charge in [-0.3, -0.25) is 4.79 Å². The lowest BCUT2D eigenvalue weighted by molar-refractivity contribution is -0.114. The molecule has 1 unspecified atom stereocenters. The van der Waals surface area contributed by atoms with Gasteiger partial charge in [0.05, 0.1) is 20.3 Å². The molecule has 2 amide bonds. The zero-order valence-corrected chi connectivity index (χ0v) is 14.3. The summed E-state index contributed by atoms with van der Waals surface area (Å²) in [6, 6.07) is 2.58. The molecule has 1 atom stereocenters. The Morgan fingerprint density at radius 3 is 2.36 bits per heavy atom. The van der Waals surface area contributed by atoms with Crippen LogP contribution in [-0.4, -0.2) is 26.0 Å². The van der Waals surface area contributed by atoms with E-state index in [1.165, 1.54) is 14.0 Å². The van der Waals surface area contributed by atoms with Crippen LogP contribution in [0, 0.1) is 0 Å². The first kappa shape index (κ1) is 16.4. The van der Waals surface area contributed by atoms with Crippen molar-refractivity contribution in [3.63, 3.8) is 0 Å². The smallest absolute Gasteiger partial charge is 0.319 e. The number of rotatable bonds is 4. The number of ether oxygens (including phenoxy) is 2. The maximum atomic E-state index is 12.0. The van der Waals surface area contributed by atoms with Crippen LogP contribution >= 0.6 is 15.9 Å². The van der Waals surface area contributed by atoms with Crippen molar-refractivity contribution < 1.29 is 19.1 Å². The number of allylic oxidation sites excluding steroid dienone is 1. The van der Waals surface area contributed by atoms with Crippen molar-refractivity contribution in [3.8, 4) is 11.5 Å². The van der Waals surface area contributed by atoms with Gasteiger partial charge in [0, 0.05) is 15.7 Å². The zero-order chi connectivity index (χ0) is 16.4. The van der Waals surface area contributed by atoms with Crippen molar-refractivity contribution in [2.24, 2.45) is 0 Å². The molecule has 1 aliphatic heterocycles. The van der Waals surface area contributed by atoms with Crippen LogP contribution < -0.4 is 20.1 Å². The number of carbonyl (C=O) groups is 2.